The van der Waals surface area contributed by atoms with Gasteiger partial charge in [0.05, 0.1) is 18.5 Å². The molecule has 1 heterocycles. The van der Waals surface area contributed by atoms with Gasteiger partial charge in [0.15, 0.2) is 0 Å². The van der Waals surface area contributed by atoms with Crippen LogP contribution in [0.15, 0.2) is 18.3 Å². The predicted octanol–water partition coefficient (Wildman–Crippen LogP) is 1.86. The number of hydrogen-bond acceptors (Lipinski definition) is 5. The summed E-state index contributed by atoms with van der Waals surface area (Å²) >= 11 is 0. The number of rotatable bonds is 8. The van der Waals surface area contributed by atoms with Crippen LogP contribution >= 0.6 is 0 Å². The zero-order valence-electron chi connectivity index (χ0n) is 12.7. The first-order chi connectivity index (χ1) is 10.1. The van der Waals surface area contributed by atoms with Gasteiger partial charge in [-0.1, -0.05) is 0 Å². The average Bonchev–Trinajstić information content (AvgIpc) is 3.33. The molecular formula is C15H22N2O4. The zero-order valence-corrected chi connectivity index (χ0v) is 12.7. The van der Waals surface area contributed by atoms with Crippen molar-refractivity contribution in [1.29, 1.82) is 0 Å². The van der Waals surface area contributed by atoms with Crippen LogP contribution in [0, 0.1) is 5.92 Å². The molecule has 21 heavy (non-hydrogen) atoms. The Morgan fingerprint density at radius 1 is 1.38 bits per heavy atom. The molecule has 6 heteroatoms. The SMILES string of the molecule is COCCOc1ccc(NC(=O)C(C)(OC)C2CC2)cn1. The fourth-order valence-corrected chi connectivity index (χ4v) is 2.10. The maximum absolute atomic E-state index is 12.3. The molecular weight excluding hydrogens is 272 g/mol. The molecule has 1 fully saturated rings. The fraction of sp³-hybridized carbons (Fsp3) is 0.600. The lowest BCUT2D eigenvalue weighted by Gasteiger charge is -2.26. The third kappa shape index (κ3) is 3.92. The van der Waals surface area contributed by atoms with Gasteiger partial charge < -0.3 is 19.5 Å². The second-order valence-corrected chi connectivity index (χ2v) is 5.27. The summed E-state index contributed by atoms with van der Waals surface area (Å²) in [4.78, 5) is 16.5. The Morgan fingerprint density at radius 2 is 2.14 bits per heavy atom. The Labute approximate surface area is 124 Å². The third-order valence-electron chi connectivity index (χ3n) is 3.76. The van der Waals surface area contributed by atoms with Gasteiger partial charge in [-0.2, -0.15) is 0 Å². The predicted molar refractivity (Wildman–Crippen MR) is 78.4 cm³/mol. The Balaban J connectivity index is 1.92. The van der Waals surface area contributed by atoms with Crippen molar-refractivity contribution in [3.05, 3.63) is 18.3 Å². The summed E-state index contributed by atoms with van der Waals surface area (Å²) < 4.78 is 15.7. The highest BCUT2D eigenvalue weighted by Gasteiger charge is 2.47. The number of nitrogens with one attached hydrogen (secondary N) is 1. The molecule has 1 saturated carbocycles. The smallest absolute Gasteiger partial charge is 0.256 e. The minimum atomic E-state index is -0.770. The van der Waals surface area contributed by atoms with E-state index in [9.17, 15) is 4.79 Å². The number of carbonyl (C=O) groups is 1. The minimum Gasteiger partial charge on any atom is -0.475 e. The second-order valence-electron chi connectivity index (χ2n) is 5.27. The Morgan fingerprint density at radius 3 is 2.67 bits per heavy atom. The molecule has 1 amide bonds. The first-order valence-corrected chi connectivity index (χ1v) is 7.04. The van der Waals surface area contributed by atoms with E-state index in [2.05, 4.69) is 10.3 Å². The lowest BCUT2D eigenvalue weighted by molar-refractivity contribution is -0.138. The van der Waals surface area contributed by atoms with E-state index in [1.165, 1.54) is 0 Å². The molecule has 0 radical (unpaired) electrons. The highest BCUT2D eigenvalue weighted by Crippen LogP contribution is 2.42. The lowest BCUT2D eigenvalue weighted by atomic mass is 9.99. The number of amides is 1. The molecule has 6 nitrogen and oxygen atoms in total. The molecule has 0 aromatic carbocycles. The highest BCUT2D eigenvalue weighted by molar-refractivity contribution is 5.97. The van der Waals surface area contributed by atoms with Gasteiger partial charge in [-0.3, -0.25) is 4.79 Å². The maximum atomic E-state index is 12.3. The fourth-order valence-electron chi connectivity index (χ4n) is 2.10. The standard InChI is InChI=1S/C15H22N2O4/c1-15(20-3,11-4-5-11)14(18)17-12-6-7-13(16-10-12)21-9-8-19-2/h6-7,10-11H,4-5,8-9H2,1-3H3,(H,17,18). The number of hydrogen-bond donors (Lipinski definition) is 1. The van der Waals surface area contributed by atoms with Crippen LogP contribution in [-0.4, -0.2) is 43.9 Å². The van der Waals surface area contributed by atoms with Crippen LogP contribution in [0.1, 0.15) is 19.8 Å². The van der Waals surface area contributed by atoms with E-state index in [1.807, 2.05) is 6.92 Å². The van der Waals surface area contributed by atoms with Crippen LogP contribution in [0.25, 0.3) is 0 Å². The number of pyridine rings is 1. The summed E-state index contributed by atoms with van der Waals surface area (Å²) in [5, 5.41) is 2.84. The normalized spacial score (nSPS) is 17.1. The second kappa shape index (κ2) is 6.87. The molecule has 1 aliphatic rings. The van der Waals surface area contributed by atoms with Crippen LogP contribution in [0.2, 0.25) is 0 Å². The number of nitrogens with zero attached hydrogens (tertiary/aromatic N) is 1. The van der Waals surface area contributed by atoms with Gasteiger partial charge in [0.2, 0.25) is 5.88 Å². The van der Waals surface area contributed by atoms with Crippen molar-refractivity contribution in [3.8, 4) is 5.88 Å². The van der Waals surface area contributed by atoms with Gasteiger partial charge in [0, 0.05) is 20.3 Å². The molecule has 116 valence electrons. The van der Waals surface area contributed by atoms with Gasteiger partial charge in [-0.05, 0) is 31.7 Å². The van der Waals surface area contributed by atoms with Crippen LogP contribution in [0.3, 0.4) is 0 Å². The first-order valence-electron chi connectivity index (χ1n) is 7.04. The molecule has 0 bridgehead atoms. The molecule has 0 aliphatic heterocycles. The van der Waals surface area contributed by atoms with Gasteiger partial charge >= 0.3 is 0 Å². The van der Waals surface area contributed by atoms with E-state index in [0.717, 1.165) is 12.8 Å². The van der Waals surface area contributed by atoms with Crippen molar-refractivity contribution in [2.45, 2.75) is 25.4 Å². The number of carbonyl (C=O) groups excluding carboxylic acids is 1. The van der Waals surface area contributed by atoms with Crippen LogP contribution < -0.4 is 10.1 Å². The van der Waals surface area contributed by atoms with Crippen molar-refractivity contribution < 1.29 is 19.0 Å². The number of methoxy groups -OCH3 is 2. The van der Waals surface area contributed by atoms with E-state index in [0.29, 0.717) is 30.7 Å². The largest absolute Gasteiger partial charge is 0.475 e. The molecule has 2 rings (SSSR count). The maximum Gasteiger partial charge on any atom is 0.256 e. The summed E-state index contributed by atoms with van der Waals surface area (Å²) in [6, 6.07) is 3.47. The summed E-state index contributed by atoms with van der Waals surface area (Å²) in [5.41, 5.74) is -0.142. The zero-order chi connectivity index (χ0) is 15.3. The molecule has 1 atom stereocenters. The molecule has 1 aromatic heterocycles. The van der Waals surface area contributed by atoms with E-state index in [4.69, 9.17) is 14.2 Å². The molecule has 0 spiro atoms. The molecule has 1 unspecified atom stereocenters. The van der Waals surface area contributed by atoms with Crippen LogP contribution in [0.4, 0.5) is 5.69 Å². The van der Waals surface area contributed by atoms with E-state index in [1.54, 1.807) is 32.5 Å². The quantitative estimate of drug-likeness (QED) is 0.741. The topological polar surface area (TPSA) is 69.7 Å². The van der Waals surface area contributed by atoms with Crippen molar-refractivity contribution in [1.82, 2.24) is 4.98 Å². The van der Waals surface area contributed by atoms with Gasteiger partial charge in [-0.25, -0.2) is 4.98 Å². The van der Waals surface area contributed by atoms with E-state index >= 15 is 0 Å². The van der Waals surface area contributed by atoms with Gasteiger partial charge in [-0.15, -0.1) is 0 Å². The van der Waals surface area contributed by atoms with Gasteiger partial charge in [0.25, 0.3) is 5.91 Å². The van der Waals surface area contributed by atoms with Crippen molar-refractivity contribution in [2.75, 3.05) is 32.8 Å². The summed E-state index contributed by atoms with van der Waals surface area (Å²) in [6.45, 7) is 2.78. The highest BCUT2D eigenvalue weighted by atomic mass is 16.5. The summed E-state index contributed by atoms with van der Waals surface area (Å²) in [5.74, 6) is 0.663. The molecule has 1 N–H and O–H groups in total. The van der Waals surface area contributed by atoms with E-state index in [-0.39, 0.29) is 5.91 Å². The number of ether oxygens (including phenoxy) is 3. The van der Waals surface area contributed by atoms with Crippen LogP contribution in [-0.2, 0) is 14.3 Å². The average molecular weight is 294 g/mol. The Bertz CT molecular complexity index is 473. The first kappa shape index (κ1) is 15.7. The molecule has 1 aromatic rings. The summed E-state index contributed by atoms with van der Waals surface area (Å²) in [6.07, 6.45) is 3.63. The lowest BCUT2D eigenvalue weighted by Crippen LogP contribution is -2.44. The molecule has 0 saturated heterocycles. The number of aromatic nitrogens is 1. The van der Waals surface area contributed by atoms with Gasteiger partial charge in [0.1, 0.15) is 12.2 Å². The van der Waals surface area contributed by atoms with E-state index < -0.39 is 5.60 Å². The van der Waals surface area contributed by atoms with Crippen molar-refractivity contribution in [3.63, 3.8) is 0 Å². The monoisotopic (exact) mass is 294 g/mol. The summed E-state index contributed by atoms with van der Waals surface area (Å²) in [7, 11) is 3.19. The van der Waals surface area contributed by atoms with Crippen molar-refractivity contribution in [2.24, 2.45) is 5.92 Å². The third-order valence-corrected chi connectivity index (χ3v) is 3.76. The van der Waals surface area contributed by atoms with Crippen molar-refractivity contribution >= 4 is 11.6 Å². The van der Waals surface area contributed by atoms with Crippen LogP contribution in [0.5, 0.6) is 5.88 Å². The number of anilines is 1. The minimum absolute atomic E-state index is 0.137. The Hall–Kier alpha value is -1.66. The molecule has 1 aliphatic carbocycles. The Kier molecular flexibility index (Phi) is 5.14.